The summed E-state index contributed by atoms with van der Waals surface area (Å²) in [6.07, 6.45) is 4.43. The predicted molar refractivity (Wildman–Crippen MR) is 68.1 cm³/mol. The number of piperidine rings is 1. The first-order chi connectivity index (χ1) is 8.29. The van der Waals surface area contributed by atoms with E-state index in [1.54, 1.807) is 7.11 Å². The van der Waals surface area contributed by atoms with Gasteiger partial charge in [-0.15, -0.1) is 0 Å². The lowest BCUT2D eigenvalue weighted by atomic mass is 9.86. The van der Waals surface area contributed by atoms with E-state index in [2.05, 4.69) is 10.2 Å². The van der Waals surface area contributed by atoms with Crippen LogP contribution in [0.4, 0.5) is 0 Å². The maximum Gasteiger partial charge on any atom is 0.0589 e. The molecule has 1 aliphatic heterocycles. The van der Waals surface area contributed by atoms with E-state index in [-0.39, 0.29) is 6.10 Å². The van der Waals surface area contributed by atoms with Gasteiger partial charge in [0.05, 0.1) is 12.7 Å². The van der Waals surface area contributed by atoms with Gasteiger partial charge in [-0.3, -0.25) is 4.90 Å². The Bertz CT molecular complexity index is 213. The van der Waals surface area contributed by atoms with Gasteiger partial charge in [-0.05, 0) is 44.7 Å². The third-order valence-corrected chi connectivity index (χ3v) is 4.14. The molecule has 0 aromatic carbocycles. The summed E-state index contributed by atoms with van der Waals surface area (Å²) in [5.41, 5.74) is 0. The predicted octanol–water partition coefficient (Wildman–Crippen LogP) is 0.458. The highest BCUT2D eigenvalue weighted by molar-refractivity contribution is 4.88. The molecular formula is C13H26N2O2. The Hall–Kier alpha value is -0.160. The molecule has 0 aromatic rings. The average Bonchev–Trinajstić information content (AvgIpc) is 2.32. The number of aliphatic hydroxyl groups is 1. The fourth-order valence-electron chi connectivity index (χ4n) is 2.88. The Morgan fingerprint density at radius 1 is 1.29 bits per heavy atom. The van der Waals surface area contributed by atoms with Crippen LogP contribution in [0.5, 0.6) is 0 Å². The molecule has 2 aliphatic rings. The van der Waals surface area contributed by atoms with Crippen LogP contribution in [0.2, 0.25) is 0 Å². The summed E-state index contributed by atoms with van der Waals surface area (Å²) >= 11 is 0. The van der Waals surface area contributed by atoms with E-state index >= 15 is 0 Å². The van der Waals surface area contributed by atoms with Crippen LogP contribution in [0.3, 0.4) is 0 Å². The molecule has 0 unspecified atom stereocenters. The third kappa shape index (κ3) is 3.91. The Morgan fingerprint density at radius 3 is 2.59 bits per heavy atom. The second kappa shape index (κ2) is 6.69. The fourth-order valence-corrected chi connectivity index (χ4v) is 2.88. The van der Waals surface area contributed by atoms with Crippen molar-refractivity contribution in [3.05, 3.63) is 0 Å². The molecule has 1 aliphatic carbocycles. The highest BCUT2D eigenvalue weighted by Crippen LogP contribution is 2.27. The molecule has 0 atom stereocenters. The molecule has 1 heterocycles. The van der Waals surface area contributed by atoms with E-state index in [9.17, 15) is 5.11 Å². The van der Waals surface area contributed by atoms with Crippen LogP contribution in [0, 0.1) is 5.92 Å². The van der Waals surface area contributed by atoms with Gasteiger partial charge in [0.25, 0.3) is 0 Å². The zero-order valence-corrected chi connectivity index (χ0v) is 10.9. The van der Waals surface area contributed by atoms with E-state index in [1.165, 1.54) is 19.4 Å². The van der Waals surface area contributed by atoms with Gasteiger partial charge in [-0.2, -0.15) is 0 Å². The van der Waals surface area contributed by atoms with Gasteiger partial charge in [-0.25, -0.2) is 0 Å². The zero-order valence-electron chi connectivity index (χ0n) is 10.9. The molecule has 4 nitrogen and oxygen atoms in total. The molecule has 0 radical (unpaired) electrons. The summed E-state index contributed by atoms with van der Waals surface area (Å²) in [6, 6.07) is 0.593. The second-order valence-electron chi connectivity index (χ2n) is 5.46. The molecule has 0 bridgehead atoms. The van der Waals surface area contributed by atoms with Gasteiger partial charge in [0.2, 0.25) is 0 Å². The minimum absolute atomic E-state index is 0.0573. The number of methoxy groups -OCH3 is 1. The summed E-state index contributed by atoms with van der Waals surface area (Å²) in [4.78, 5) is 2.53. The normalized spacial score (nSPS) is 30.5. The van der Waals surface area contributed by atoms with Crippen LogP contribution in [-0.4, -0.2) is 62.0 Å². The topological polar surface area (TPSA) is 44.7 Å². The number of nitrogens with one attached hydrogen (secondary N) is 1. The van der Waals surface area contributed by atoms with Crippen molar-refractivity contribution in [3.8, 4) is 0 Å². The largest absolute Gasteiger partial charge is 0.393 e. The molecule has 0 amide bonds. The van der Waals surface area contributed by atoms with Gasteiger partial charge >= 0.3 is 0 Å². The summed E-state index contributed by atoms with van der Waals surface area (Å²) in [5.74, 6) is 0.825. The van der Waals surface area contributed by atoms with Crippen molar-refractivity contribution < 1.29 is 9.84 Å². The molecule has 17 heavy (non-hydrogen) atoms. The Morgan fingerprint density at radius 2 is 2.00 bits per heavy atom. The van der Waals surface area contributed by atoms with Gasteiger partial charge in [0, 0.05) is 26.2 Å². The molecule has 2 N–H and O–H groups in total. The second-order valence-corrected chi connectivity index (χ2v) is 5.46. The monoisotopic (exact) mass is 242 g/mol. The number of hydrogen-bond donors (Lipinski definition) is 2. The van der Waals surface area contributed by atoms with Crippen LogP contribution in [0.15, 0.2) is 0 Å². The molecule has 1 saturated heterocycles. The first-order valence-electron chi connectivity index (χ1n) is 6.91. The van der Waals surface area contributed by atoms with Gasteiger partial charge in [0.1, 0.15) is 0 Å². The summed E-state index contributed by atoms with van der Waals surface area (Å²) < 4.78 is 5.19. The van der Waals surface area contributed by atoms with Gasteiger partial charge in [0.15, 0.2) is 0 Å². The highest BCUT2D eigenvalue weighted by Gasteiger charge is 2.33. The Balaban J connectivity index is 1.77. The number of hydrogen-bond acceptors (Lipinski definition) is 4. The van der Waals surface area contributed by atoms with Gasteiger partial charge < -0.3 is 15.2 Å². The number of ether oxygens (including phenoxy) is 1. The average molecular weight is 242 g/mol. The van der Waals surface area contributed by atoms with E-state index in [0.717, 1.165) is 45.0 Å². The summed E-state index contributed by atoms with van der Waals surface area (Å²) in [7, 11) is 1.76. The first kappa shape index (κ1) is 13.3. The van der Waals surface area contributed by atoms with Crippen molar-refractivity contribution in [1.29, 1.82) is 0 Å². The van der Waals surface area contributed by atoms with Crippen LogP contribution in [-0.2, 0) is 4.74 Å². The quantitative estimate of drug-likeness (QED) is 0.710. The maximum atomic E-state index is 9.43. The summed E-state index contributed by atoms with van der Waals surface area (Å²) in [5, 5.41) is 12.8. The van der Waals surface area contributed by atoms with Crippen LogP contribution in [0.25, 0.3) is 0 Å². The zero-order chi connectivity index (χ0) is 12.1. The molecule has 1 saturated carbocycles. The van der Waals surface area contributed by atoms with E-state index < -0.39 is 0 Å². The van der Waals surface area contributed by atoms with E-state index in [1.807, 2.05) is 0 Å². The van der Waals surface area contributed by atoms with Crippen molar-refractivity contribution in [2.24, 2.45) is 5.92 Å². The number of rotatable bonds is 6. The Kier molecular flexibility index (Phi) is 5.22. The smallest absolute Gasteiger partial charge is 0.0589 e. The first-order valence-corrected chi connectivity index (χ1v) is 6.91. The molecule has 4 heteroatoms. The van der Waals surface area contributed by atoms with Crippen LogP contribution >= 0.6 is 0 Å². The SMILES string of the molecule is COCCN(CC1CCNCC1)C1CC(O)C1. The van der Waals surface area contributed by atoms with Crippen molar-refractivity contribution in [2.45, 2.75) is 37.8 Å². The third-order valence-electron chi connectivity index (χ3n) is 4.14. The number of nitrogens with zero attached hydrogens (tertiary/aromatic N) is 1. The Labute approximate surface area is 104 Å². The molecule has 0 aromatic heterocycles. The van der Waals surface area contributed by atoms with Gasteiger partial charge in [-0.1, -0.05) is 0 Å². The molecular weight excluding hydrogens is 216 g/mol. The summed E-state index contributed by atoms with van der Waals surface area (Å²) in [6.45, 7) is 5.32. The van der Waals surface area contributed by atoms with Crippen LogP contribution in [0.1, 0.15) is 25.7 Å². The fraction of sp³-hybridized carbons (Fsp3) is 1.00. The highest BCUT2D eigenvalue weighted by atomic mass is 16.5. The molecule has 2 rings (SSSR count). The molecule has 0 spiro atoms. The van der Waals surface area contributed by atoms with Crippen molar-refractivity contribution in [1.82, 2.24) is 10.2 Å². The van der Waals surface area contributed by atoms with Crippen molar-refractivity contribution in [3.63, 3.8) is 0 Å². The lowest BCUT2D eigenvalue weighted by Gasteiger charge is -2.42. The molecule has 100 valence electrons. The molecule has 2 fully saturated rings. The van der Waals surface area contributed by atoms with Crippen LogP contribution < -0.4 is 5.32 Å². The van der Waals surface area contributed by atoms with E-state index in [4.69, 9.17) is 4.74 Å². The van der Waals surface area contributed by atoms with E-state index in [0.29, 0.717) is 6.04 Å². The number of aliphatic hydroxyl groups excluding tert-OH is 1. The van der Waals surface area contributed by atoms with Crippen molar-refractivity contribution >= 4 is 0 Å². The maximum absolute atomic E-state index is 9.43. The minimum Gasteiger partial charge on any atom is -0.393 e. The lowest BCUT2D eigenvalue weighted by Crippen LogP contribution is -2.50. The minimum atomic E-state index is -0.0573. The van der Waals surface area contributed by atoms with Crippen molar-refractivity contribution in [2.75, 3.05) is 39.9 Å². The standard InChI is InChI=1S/C13H26N2O2/c1-17-7-6-15(12-8-13(16)9-12)10-11-2-4-14-5-3-11/h11-14,16H,2-10H2,1H3. The lowest BCUT2D eigenvalue weighted by molar-refractivity contribution is -0.0147.